The maximum absolute atomic E-state index is 9.48. The van der Waals surface area contributed by atoms with Crippen molar-refractivity contribution in [2.75, 3.05) is 31.2 Å². The zero-order valence-electron chi connectivity index (χ0n) is 11.8. The minimum Gasteiger partial charge on any atom is -0.378 e. The lowest BCUT2D eigenvalue weighted by Gasteiger charge is -2.29. The van der Waals surface area contributed by atoms with E-state index in [0.717, 1.165) is 29.9 Å². The summed E-state index contributed by atoms with van der Waals surface area (Å²) in [5.74, 6) is 0. The van der Waals surface area contributed by atoms with Crippen LogP contribution in [0.2, 0.25) is 5.02 Å². The average molecular weight is 302 g/mol. The van der Waals surface area contributed by atoms with E-state index in [2.05, 4.69) is 11.0 Å². The first-order valence-corrected chi connectivity index (χ1v) is 7.26. The topological polar surface area (TPSA) is 41.2 Å². The fourth-order valence-corrected chi connectivity index (χ4v) is 2.82. The molecule has 1 fully saturated rings. The summed E-state index contributed by atoms with van der Waals surface area (Å²) in [4.78, 5) is 2.23. The summed E-state index contributed by atoms with van der Waals surface area (Å²) in [6, 6.07) is 10.0. The van der Waals surface area contributed by atoms with Gasteiger partial charge in [0.05, 0.1) is 18.9 Å². The van der Waals surface area contributed by atoms with Crippen molar-refractivity contribution in [2.45, 2.75) is 0 Å². The largest absolute Gasteiger partial charge is 0.378 e. The second kappa shape index (κ2) is 5.80. The zero-order valence-corrected chi connectivity index (χ0v) is 12.6. The van der Waals surface area contributed by atoms with Gasteiger partial charge in [0.2, 0.25) is 0 Å². The van der Waals surface area contributed by atoms with Crippen molar-refractivity contribution in [3.63, 3.8) is 0 Å². The number of nitrogens with zero attached hydrogens (tertiary/aromatic N) is 3. The molecule has 1 aliphatic heterocycles. The van der Waals surface area contributed by atoms with Crippen LogP contribution < -0.4 is 4.90 Å². The van der Waals surface area contributed by atoms with Crippen molar-refractivity contribution in [3.8, 4) is 17.2 Å². The highest BCUT2D eigenvalue weighted by atomic mass is 35.5. The van der Waals surface area contributed by atoms with Gasteiger partial charge in [-0.05, 0) is 17.7 Å². The van der Waals surface area contributed by atoms with Gasteiger partial charge in [-0.25, -0.2) is 0 Å². The molecule has 108 valence electrons. The molecule has 0 atom stereocenters. The van der Waals surface area contributed by atoms with Crippen molar-refractivity contribution < 1.29 is 4.74 Å². The Morgan fingerprint density at radius 3 is 2.48 bits per heavy atom. The van der Waals surface area contributed by atoms with E-state index >= 15 is 0 Å². The third-order valence-electron chi connectivity index (χ3n) is 3.74. The average Bonchev–Trinajstić information content (AvgIpc) is 2.85. The van der Waals surface area contributed by atoms with E-state index in [1.54, 1.807) is 0 Å². The van der Waals surface area contributed by atoms with Gasteiger partial charge in [-0.2, -0.15) is 5.26 Å². The SMILES string of the molecule is Cn1cc(-c2ccc(Cl)cc2)c(N2CCOCC2)c1C#N. The zero-order chi connectivity index (χ0) is 14.8. The molecule has 3 rings (SSSR count). The predicted molar refractivity (Wildman–Crippen MR) is 83.6 cm³/mol. The van der Waals surface area contributed by atoms with Crippen molar-refractivity contribution >= 4 is 17.3 Å². The second-order valence-corrected chi connectivity index (χ2v) is 5.51. The molecule has 0 radical (unpaired) electrons. The minimum absolute atomic E-state index is 0.682. The Hall–Kier alpha value is -1.96. The lowest BCUT2D eigenvalue weighted by molar-refractivity contribution is 0.122. The van der Waals surface area contributed by atoms with Gasteiger partial charge in [-0.15, -0.1) is 0 Å². The molecule has 1 saturated heterocycles. The monoisotopic (exact) mass is 301 g/mol. The molecule has 0 saturated carbocycles. The van der Waals surface area contributed by atoms with Crippen LogP contribution >= 0.6 is 11.6 Å². The van der Waals surface area contributed by atoms with Gasteiger partial charge >= 0.3 is 0 Å². The number of hydrogen-bond acceptors (Lipinski definition) is 3. The molecule has 0 bridgehead atoms. The summed E-state index contributed by atoms with van der Waals surface area (Å²) in [7, 11) is 1.90. The number of aromatic nitrogens is 1. The Morgan fingerprint density at radius 2 is 1.86 bits per heavy atom. The molecule has 0 spiro atoms. The van der Waals surface area contributed by atoms with E-state index in [0.29, 0.717) is 23.9 Å². The number of rotatable bonds is 2. The van der Waals surface area contributed by atoms with Crippen LogP contribution in [-0.2, 0) is 11.8 Å². The normalized spacial score (nSPS) is 15.0. The number of aryl methyl sites for hydroxylation is 1. The molecular formula is C16H16ClN3O. The van der Waals surface area contributed by atoms with E-state index in [1.807, 2.05) is 42.1 Å². The molecule has 4 nitrogen and oxygen atoms in total. The standard InChI is InChI=1S/C16H16ClN3O/c1-19-11-14(12-2-4-13(17)5-3-12)16(15(19)10-18)20-6-8-21-9-7-20/h2-5,11H,6-9H2,1H3. The van der Waals surface area contributed by atoms with Crippen LogP contribution in [0, 0.1) is 11.3 Å². The van der Waals surface area contributed by atoms with E-state index in [4.69, 9.17) is 16.3 Å². The van der Waals surface area contributed by atoms with Gasteiger partial charge in [0.15, 0.2) is 0 Å². The molecule has 1 aromatic carbocycles. The van der Waals surface area contributed by atoms with Gasteiger partial charge < -0.3 is 14.2 Å². The molecule has 1 aromatic heterocycles. The molecule has 2 heterocycles. The number of halogens is 1. The van der Waals surface area contributed by atoms with Crippen LogP contribution in [0.3, 0.4) is 0 Å². The summed E-state index contributed by atoms with van der Waals surface area (Å²) in [5, 5.41) is 10.2. The van der Waals surface area contributed by atoms with Crippen LogP contribution in [0.1, 0.15) is 5.69 Å². The number of morpholine rings is 1. The van der Waals surface area contributed by atoms with Crippen molar-refractivity contribution in [1.82, 2.24) is 4.57 Å². The first-order valence-electron chi connectivity index (χ1n) is 6.89. The predicted octanol–water partition coefficient (Wildman–Crippen LogP) is 3.05. The first kappa shape index (κ1) is 14.0. The second-order valence-electron chi connectivity index (χ2n) is 5.07. The number of anilines is 1. The molecule has 1 aliphatic rings. The van der Waals surface area contributed by atoms with Gasteiger partial charge in [0.1, 0.15) is 11.8 Å². The van der Waals surface area contributed by atoms with Crippen molar-refractivity contribution in [3.05, 3.63) is 41.2 Å². The summed E-state index contributed by atoms with van der Waals surface area (Å²) < 4.78 is 7.30. The quantitative estimate of drug-likeness (QED) is 0.856. The number of nitriles is 1. The molecule has 0 unspecified atom stereocenters. The van der Waals surface area contributed by atoms with Crippen LogP contribution in [0.5, 0.6) is 0 Å². The van der Waals surface area contributed by atoms with E-state index in [-0.39, 0.29) is 0 Å². The Balaban J connectivity index is 2.11. The smallest absolute Gasteiger partial charge is 0.144 e. The Bertz CT molecular complexity index is 679. The molecule has 0 amide bonds. The fourth-order valence-electron chi connectivity index (χ4n) is 2.69. The lowest BCUT2D eigenvalue weighted by atomic mass is 10.1. The van der Waals surface area contributed by atoms with Gasteiger partial charge in [-0.3, -0.25) is 0 Å². The maximum Gasteiger partial charge on any atom is 0.144 e. The number of ether oxygens (including phenoxy) is 1. The number of hydrogen-bond donors (Lipinski definition) is 0. The maximum atomic E-state index is 9.48. The van der Waals surface area contributed by atoms with E-state index in [9.17, 15) is 5.26 Å². The third-order valence-corrected chi connectivity index (χ3v) is 4.00. The minimum atomic E-state index is 0.682. The Labute approximate surface area is 129 Å². The number of benzene rings is 1. The van der Waals surface area contributed by atoms with Gasteiger partial charge in [0, 0.05) is 36.9 Å². The molecule has 5 heteroatoms. The van der Waals surface area contributed by atoms with Crippen molar-refractivity contribution in [1.29, 1.82) is 5.26 Å². The highest BCUT2D eigenvalue weighted by Gasteiger charge is 2.22. The lowest BCUT2D eigenvalue weighted by Crippen LogP contribution is -2.36. The molecule has 21 heavy (non-hydrogen) atoms. The van der Waals surface area contributed by atoms with Crippen molar-refractivity contribution in [2.24, 2.45) is 7.05 Å². The highest BCUT2D eigenvalue weighted by Crippen LogP contribution is 2.36. The summed E-state index contributed by atoms with van der Waals surface area (Å²) in [5.41, 5.74) is 3.80. The summed E-state index contributed by atoms with van der Waals surface area (Å²) in [6.45, 7) is 3.00. The van der Waals surface area contributed by atoms with E-state index in [1.165, 1.54) is 0 Å². The molecule has 2 aromatic rings. The third kappa shape index (κ3) is 2.63. The Kier molecular flexibility index (Phi) is 3.87. The van der Waals surface area contributed by atoms with Gasteiger partial charge in [-0.1, -0.05) is 23.7 Å². The summed E-state index contributed by atoms with van der Waals surface area (Å²) >= 11 is 5.97. The summed E-state index contributed by atoms with van der Waals surface area (Å²) in [6.07, 6.45) is 2.01. The molecule has 0 N–H and O–H groups in total. The van der Waals surface area contributed by atoms with Crippen LogP contribution in [0.4, 0.5) is 5.69 Å². The van der Waals surface area contributed by atoms with Crippen LogP contribution in [-0.4, -0.2) is 30.9 Å². The van der Waals surface area contributed by atoms with Gasteiger partial charge in [0.25, 0.3) is 0 Å². The van der Waals surface area contributed by atoms with E-state index < -0.39 is 0 Å². The Morgan fingerprint density at radius 1 is 1.19 bits per heavy atom. The van der Waals surface area contributed by atoms with Crippen LogP contribution in [0.25, 0.3) is 11.1 Å². The molecular weight excluding hydrogens is 286 g/mol. The molecule has 0 aliphatic carbocycles. The fraction of sp³-hybridized carbons (Fsp3) is 0.312. The first-order chi connectivity index (χ1) is 10.2. The van der Waals surface area contributed by atoms with Crippen LogP contribution in [0.15, 0.2) is 30.5 Å². The highest BCUT2D eigenvalue weighted by molar-refractivity contribution is 6.30.